The third-order valence-electron chi connectivity index (χ3n) is 2.43. The van der Waals surface area contributed by atoms with Gasteiger partial charge in [-0.3, -0.25) is 4.79 Å². The van der Waals surface area contributed by atoms with E-state index in [1.165, 1.54) is 0 Å². The van der Waals surface area contributed by atoms with Crippen LogP contribution in [-0.2, 0) is 0 Å². The maximum absolute atomic E-state index is 10.9. The molecule has 2 rings (SSSR count). The lowest BCUT2D eigenvalue weighted by Crippen LogP contribution is -1.86. The molecule has 0 aliphatic carbocycles. The summed E-state index contributed by atoms with van der Waals surface area (Å²) >= 11 is 23.9. The first kappa shape index (κ1) is 13.7. The van der Waals surface area contributed by atoms with Gasteiger partial charge in [0.15, 0.2) is 6.29 Å². The highest BCUT2D eigenvalue weighted by atomic mass is 35.5. The molecule has 92 valence electrons. The molecule has 0 amide bonds. The third kappa shape index (κ3) is 2.65. The van der Waals surface area contributed by atoms with E-state index in [0.29, 0.717) is 37.5 Å². The molecule has 2 aromatic carbocycles. The van der Waals surface area contributed by atoms with E-state index in [1.54, 1.807) is 30.3 Å². The Balaban J connectivity index is 2.65. The smallest absolute Gasteiger partial charge is 0.151 e. The van der Waals surface area contributed by atoms with Crippen molar-refractivity contribution in [2.75, 3.05) is 0 Å². The Morgan fingerprint density at radius 2 is 1.61 bits per heavy atom. The molecule has 0 aliphatic rings. The Bertz CT molecular complexity index is 623. The summed E-state index contributed by atoms with van der Waals surface area (Å²) in [6.45, 7) is 0. The Labute approximate surface area is 124 Å². The predicted molar refractivity (Wildman–Crippen MR) is 77.3 cm³/mol. The van der Waals surface area contributed by atoms with Crippen LogP contribution in [0, 0.1) is 0 Å². The van der Waals surface area contributed by atoms with Gasteiger partial charge >= 0.3 is 0 Å². The number of carbonyl (C=O) groups excluding carboxylic acids is 1. The lowest BCUT2D eigenvalue weighted by Gasteiger charge is -2.08. The lowest BCUT2D eigenvalue weighted by atomic mass is 10.0. The first-order valence-electron chi connectivity index (χ1n) is 4.92. The summed E-state index contributed by atoms with van der Waals surface area (Å²) in [7, 11) is 0. The Hall–Kier alpha value is -0.730. The van der Waals surface area contributed by atoms with Gasteiger partial charge in [-0.2, -0.15) is 0 Å². The standard InChI is InChI=1S/C13H6Cl4O/c14-9-4-10(13(17)12(16)5-9)7-1-2-11(15)8(3-7)6-18/h1-6H. The van der Waals surface area contributed by atoms with Crippen molar-refractivity contribution in [3.8, 4) is 11.1 Å². The highest BCUT2D eigenvalue weighted by Crippen LogP contribution is 2.37. The molecule has 2 aromatic rings. The number of hydrogen-bond donors (Lipinski definition) is 0. The number of aldehydes is 1. The van der Waals surface area contributed by atoms with Gasteiger partial charge in [0.2, 0.25) is 0 Å². The van der Waals surface area contributed by atoms with Crippen molar-refractivity contribution in [3.05, 3.63) is 56.0 Å². The number of halogens is 4. The fourth-order valence-electron chi connectivity index (χ4n) is 1.57. The second-order valence-electron chi connectivity index (χ2n) is 3.60. The van der Waals surface area contributed by atoms with Crippen molar-refractivity contribution >= 4 is 52.7 Å². The van der Waals surface area contributed by atoms with Gasteiger partial charge in [-0.05, 0) is 29.8 Å². The molecule has 0 radical (unpaired) electrons. The predicted octanol–water partition coefficient (Wildman–Crippen LogP) is 5.78. The molecule has 0 aromatic heterocycles. The fraction of sp³-hybridized carbons (Fsp3) is 0. The first-order chi connectivity index (χ1) is 8.52. The van der Waals surface area contributed by atoms with Gasteiger partial charge in [-0.25, -0.2) is 0 Å². The average molecular weight is 320 g/mol. The molecular weight excluding hydrogens is 314 g/mol. The van der Waals surface area contributed by atoms with Crippen LogP contribution in [0.2, 0.25) is 20.1 Å². The highest BCUT2D eigenvalue weighted by Gasteiger charge is 2.10. The summed E-state index contributed by atoms with van der Waals surface area (Å²) in [6.07, 6.45) is 0.686. The summed E-state index contributed by atoms with van der Waals surface area (Å²) < 4.78 is 0. The van der Waals surface area contributed by atoms with Gasteiger partial charge in [0.1, 0.15) is 0 Å². The normalized spacial score (nSPS) is 10.4. The minimum Gasteiger partial charge on any atom is -0.298 e. The third-order valence-corrected chi connectivity index (χ3v) is 3.79. The van der Waals surface area contributed by atoms with Crippen molar-refractivity contribution in [1.82, 2.24) is 0 Å². The van der Waals surface area contributed by atoms with Crippen LogP contribution >= 0.6 is 46.4 Å². The summed E-state index contributed by atoms with van der Waals surface area (Å²) in [5.41, 5.74) is 1.78. The van der Waals surface area contributed by atoms with Crippen molar-refractivity contribution in [2.24, 2.45) is 0 Å². The molecule has 0 N–H and O–H groups in total. The monoisotopic (exact) mass is 318 g/mol. The summed E-state index contributed by atoms with van der Waals surface area (Å²) in [4.78, 5) is 10.9. The average Bonchev–Trinajstić information content (AvgIpc) is 2.34. The maximum atomic E-state index is 10.9. The lowest BCUT2D eigenvalue weighted by molar-refractivity contribution is 0.112. The number of carbonyl (C=O) groups is 1. The Morgan fingerprint density at radius 3 is 2.28 bits per heavy atom. The zero-order valence-electron chi connectivity index (χ0n) is 8.88. The number of rotatable bonds is 2. The van der Waals surface area contributed by atoms with E-state index < -0.39 is 0 Å². The number of benzene rings is 2. The second kappa shape index (κ2) is 5.50. The molecule has 0 spiro atoms. The molecule has 18 heavy (non-hydrogen) atoms. The number of hydrogen-bond acceptors (Lipinski definition) is 1. The van der Waals surface area contributed by atoms with Crippen LogP contribution in [-0.4, -0.2) is 6.29 Å². The van der Waals surface area contributed by atoms with E-state index >= 15 is 0 Å². The zero-order chi connectivity index (χ0) is 13.3. The van der Waals surface area contributed by atoms with Crippen molar-refractivity contribution in [2.45, 2.75) is 0 Å². The SMILES string of the molecule is O=Cc1cc(-c2cc(Cl)cc(Cl)c2Cl)ccc1Cl. The first-order valence-corrected chi connectivity index (χ1v) is 6.43. The molecule has 0 aliphatic heterocycles. The minimum absolute atomic E-state index is 0.363. The zero-order valence-corrected chi connectivity index (χ0v) is 11.9. The van der Waals surface area contributed by atoms with Crippen molar-refractivity contribution in [3.63, 3.8) is 0 Å². The quantitative estimate of drug-likeness (QED) is 0.506. The summed E-state index contributed by atoms with van der Waals surface area (Å²) in [5.74, 6) is 0. The van der Waals surface area contributed by atoms with Crippen molar-refractivity contribution in [1.29, 1.82) is 0 Å². The van der Waals surface area contributed by atoms with Gasteiger partial charge < -0.3 is 0 Å². The van der Waals surface area contributed by atoms with E-state index in [9.17, 15) is 4.79 Å². The molecule has 0 bridgehead atoms. The van der Waals surface area contributed by atoms with Crippen LogP contribution in [0.5, 0.6) is 0 Å². The van der Waals surface area contributed by atoms with Crippen LogP contribution in [0.15, 0.2) is 30.3 Å². The second-order valence-corrected chi connectivity index (χ2v) is 5.23. The van der Waals surface area contributed by atoms with E-state index in [2.05, 4.69) is 0 Å². The van der Waals surface area contributed by atoms with E-state index in [4.69, 9.17) is 46.4 Å². The summed E-state index contributed by atoms with van der Waals surface area (Å²) in [6, 6.07) is 8.28. The molecule has 0 heterocycles. The van der Waals surface area contributed by atoms with Crippen LogP contribution < -0.4 is 0 Å². The van der Waals surface area contributed by atoms with Gasteiger partial charge in [-0.1, -0.05) is 52.5 Å². The molecular formula is C13H6Cl4O. The Kier molecular flexibility index (Phi) is 4.18. The summed E-state index contributed by atoms with van der Waals surface area (Å²) in [5, 5.41) is 1.61. The van der Waals surface area contributed by atoms with Crippen LogP contribution in [0.25, 0.3) is 11.1 Å². The van der Waals surface area contributed by atoms with Crippen LogP contribution in [0.3, 0.4) is 0 Å². The van der Waals surface area contributed by atoms with Crippen LogP contribution in [0.1, 0.15) is 10.4 Å². The van der Waals surface area contributed by atoms with Crippen molar-refractivity contribution < 1.29 is 4.79 Å². The molecule has 0 saturated heterocycles. The Morgan fingerprint density at radius 1 is 0.889 bits per heavy atom. The highest BCUT2D eigenvalue weighted by molar-refractivity contribution is 6.45. The van der Waals surface area contributed by atoms with Crippen LogP contribution in [0.4, 0.5) is 0 Å². The molecule has 5 heteroatoms. The van der Waals surface area contributed by atoms with Gasteiger partial charge in [-0.15, -0.1) is 0 Å². The largest absolute Gasteiger partial charge is 0.298 e. The molecule has 0 saturated carbocycles. The van der Waals surface area contributed by atoms with Gasteiger partial charge in [0.25, 0.3) is 0 Å². The van der Waals surface area contributed by atoms with E-state index in [1.807, 2.05) is 0 Å². The topological polar surface area (TPSA) is 17.1 Å². The molecule has 0 fully saturated rings. The minimum atomic E-state index is 0.363. The van der Waals surface area contributed by atoms with Gasteiger partial charge in [0, 0.05) is 16.1 Å². The maximum Gasteiger partial charge on any atom is 0.151 e. The van der Waals surface area contributed by atoms with E-state index in [0.717, 1.165) is 5.56 Å². The molecule has 0 unspecified atom stereocenters. The van der Waals surface area contributed by atoms with Gasteiger partial charge in [0.05, 0.1) is 15.1 Å². The fourth-order valence-corrected chi connectivity index (χ4v) is 2.44. The molecule has 0 atom stereocenters. The van der Waals surface area contributed by atoms with E-state index in [-0.39, 0.29) is 0 Å². The molecule has 1 nitrogen and oxygen atoms in total.